The Morgan fingerprint density at radius 2 is 2.00 bits per heavy atom. The van der Waals surface area contributed by atoms with Gasteiger partial charge in [0.1, 0.15) is 12.4 Å². The molecule has 0 fully saturated rings. The molecular weight excluding hydrogens is 266 g/mol. The lowest BCUT2D eigenvalue weighted by Gasteiger charge is -2.25. The topological polar surface area (TPSA) is 88.1 Å². The average molecular weight is 289 g/mol. The van der Waals surface area contributed by atoms with Crippen LogP contribution in [0.5, 0.6) is 5.75 Å². The van der Waals surface area contributed by atoms with E-state index >= 15 is 0 Å². The highest BCUT2D eigenvalue weighted by molar-refractivity contribution is 5.80. The minimum Gasteiger partial charge on any atom is -0.492 e. The van der Waals surface area contributed by atoms with Crippen molar-refractivity contribution in [2.45, 2.75) is 39.3 Å². The maximum Gasteiger partial charge on any atom is 0.234 e. The summed E-state index contributed by atoms with van der Waals surface area (Å²) < 4.78 is 5.64. The third kappa shape index (κ3) is 5.44. The van der Waals surface area contributed by atoms with Gasteiger partial charge in [-0.2, -0.15) is 5.26 Å². The predicted molar refractivity (Wildman–Crippen MR) is 81.7 cm³/mol. The molecule has 0 spiro atoms. The number of amides is 1. The first-order chi connectivity index (χ1) is 9.97. The van der Waals surface area contributed by atoms with Gasteiger partial charge in [-0.05, 0) is 37.1 Å². The molecule has 1 aromatic rings. The Kier molecular flexibility index (Phi) is 6.70. The van der Waals surface area contributed by atoms with E-state index in [1.54, 1.807) is 24.3 Å². The molecule has 1 rings (SSSR count). The quantitative estimate of drug-likeness (QED) is 0.764. The number of ether oxygens (including phenoxy) is 1. The molecule has 0 radical (unpaired) electrons. The summed E-state index contributed by atoms with van der Waals surface area (Å²) in [5, 5.41) is 11.9. The molecule has 0 saturated heterocycles. The van der Waals surface area contributed by atoms with Crippen LogP contribution in [0.15, 0.2) is 24.3 Å². The molecule has 5 heteroatoms. The Bertz CT molecular complexity index is 493. The van der Waals surface area contributed by atoms with Crippen molar-refractivity contribution in [2.24, 2.45) is 11.7 Å². The fourth-order valence-corrected chi connectivity index (χ4v) is 1.96. The lowest BCUT2D eigenvalue weighted by molar-refractivity contribution is -0.121. The van der Waals surface area contributed by atoms with Gasteiger partial charge >= 0.3 is 0 Å². The van der Waals surface area contributed by atoms with Crippen molar-refractivity contribution in [3.05, 3.63) is 29.8 Å². The number of hydrogen-bond donors (Lipinski definition) is 2. The van der Waals surface area contributed by atoms with Crippen LogP contribution < -0.4 is 15.8 Å². The number of benzene rings is 1. The number of nitrogens with two attached hydrogens (primary N) is 1. The molecule has 2 unspecified atom stereocenters. The molecule has 3 N–H and O–H groups in total. The van der Waals surface area contributed by atoms with Crippen molar-refractivity contribution in [3.8, 4) is 11.8 Å². The van der Waals surface area contributed by atoms with Crippen molar-refractivity contribution < 1.29 is 9.53 Å². The Morgan fingerprint density at radius 1 is 1.38 bits per heavy atom. The van der Waals surface area contributed by atoms with Crippen LogP contribution in [0, 0.1) is 17.2 Å². The molecule has 1 aromatic carbocycles. The van der Waals surface area contributed by atoms with Gasteiger partial charge in [-0.3, -0.25) is 10.1 Å². The van der Waals surface area contributed by atoms with Gasteiger partial charge in [0, 0.05) is 6.04 Å². The summed E-state index contributed by atoms with van der Waals surface area (Å²) in [5.74, 6) is 0.538. The first-order valence-corrected chi connectivity index (χ1v) is 7.16. The number of nitriles is 1. The number of nitrogens with one attached hydrogen (secondary N) is 1. The zero-order valence-electron chi connectivity index (χ0n) is 12.8. The average Bonchev–Trinajstić information content (AvgIpc) is 2.50. The maximum absolute atomic E-state index is 11.5. The smallest absolute Gasteiger partial charge is 0.234 e. The van der Waals surface area contributed by atoms with Crippen molar-refractivity contribution in [2.75, 3.05) is 6.61 Å². The second kappa shape index (κ2) is 8.28. The zero-order valence-corrected chi connectivity index (χ0v) is 12.8. The highest BCUT2D eigenvalue weighted by Crippen LogP contribution is 2.12. The number of carbonyl (C=O) groups excluding carboxylic acids is 1. The minimum atomic E-state index is -0.352. The molecule has 0 aromatic heterocycles. The number of nitrogens with zero attached hydrogens (tertiary/aromatic N) is 1. The van der Waals surface area contributed by atoms with Crippen LogP contribution >= 0.6 is 0 Å². The lowest BCUT2D eigenvalue weighted by Crippen LogP contribution is -2.50. The molecular formula is C16H23N3O2. The third-order valence-electron chi connectivity index (χ3n) is 3.47. The van der Waals surface area contributed by atoms with Crippen LogP contribution in [0.1, 0.15) is 32.8 Å². The molecule has 0 aliphatic rings. The lowest BCUT2D eigenvalue weighted by atomic mass is 9.98. The fraction of sp³-hybridized carbons (Fsp3) is 0.500. The van der Waals surface area contributed by atoms with Gasteiger partial charge in [0.15, 0.2) is 0 Å². The van der Waals surface area contributed by atoms with Gasteiger partial charge in [0.05, 0.1) is 17.7 Å². The molecule has 1 amide bonds. The van der Waals surface area contributed by atoms with E-state index in [2.05, 4.69) is 11.4 Å². The Hall–Kier alpha value is -2.06. The normalized spacial score (nSPS) is 14.8. The predicted octanol–water partition coefficient (Wildman–Crippen LogP) is 1.82. The fourth-order valence-electron chi connectivity index (χ4n) is 1.96. The van der Waals surface area contributed by atoms with E-state index in [9.17, 15) is 4.79 Å². The van der Waals surface area contributed by atoms with E-state index in [-0.39, 0.29) is 23.9 Å². The molecule has 0 heterocycles. The second-order valence-electron chi connectivity index (χ2n) is 5.28. The zero-order chi connectivity index (χ0) is 15.8. The summed E-state index contributed by atoms with van der Waals surface area (Å²) in [6, 6.07) is 8.62. The number of carbonyl (C=O) groups is 1. The van der Waals surface area contributed by atoms with Crippen molar-refractivity contribution >= 4 is 5.91 Å². The van der Waals surface area contributed by atoms with Gasteiger partial charge < -0.3 is 10.5 Å². The van der Waals surface area contributed by atoms with Gasteiger partial charge in [-0.1, -0.05) is 20.3 Å². The van der Waals surface area contributed by atoms with E-state index in [0.717, 1.165) is 6.42 Å². The van der Waals surface area contributed by atoms with Gasteiger partial charge in [-0.15, -0.1) is 0 Å². The maximum atomic E-state index is 11.5. The molecule has 3 atom stereocenters. The van der Waals surface area contributed by atoms with E-state index in [0.29, 0.717) is 17.9 Å². The van der Waals surface area contributed by atoms with Crippen LogP contribution in [0.4, 0.5) is 0 Å². The monoisotopic (exact) mass is 289 g/mol. The number of primary amides is 1. The summed E-state index contributed by atoms with van der Waals surface area (Å²) in [6.45, 7) is 6.39. The molecule has 0 aliphatic heterocycles. The summed E-state index contributed by atoms with van der Waals surface area (Å²) in [6.07, 6.45) is 0.879. The summed E-state index contributed by atoms with van der Waals surface area (Å²) >= 11 is 0. The Balaban J connectivity index is 2.50. The second-order valence-corrected chi connectivity index (χ2v) is 5.28. The van der Waals surface area contributed by atoms with Gasteiger partial charge in [0.2, 0.25) is 5.91 Å². The largest absolute Gasteiger partial charge is 0.492 e. The molecule has 5 nitrogen and oxygen atoms in total. The molecule has 0 aliphatic carbocycles. The third-order valence-corrected chi connectivity index (χ3v) is 3.47. The Labute approximate surface area is 126 Å². The Morgan fingerprint density at radius 3 is 2.48 bits per heavy atom. The van der Waals surface area contributed by atoms with E-state index < -0.39 is 0 Å². The van der Waals surface area contributed by atoms with Crippen LogP contribution in [0.2, 0.25) is 0 Å². The van der Waals surface area contributed by atoms with Crippen molar-refractivity contribution in [3.63, 3.8) is 0 Å². The van der Waals surface area contributed by atoms with Crippen LogP contribution in [-0.2, 0) is 4.79 Å². The number of hydrogen-bond acceptors (Lipinski definition) is 4. The van der Waals surface area contributed by atoms with Gasteiger partial charge in [0.25, 0.3) is 0 Å². The molecule has 114 valence electrons. The van der Waals surface area contributed by atoms with Crippen LogP contribution in [0.25, 0.3) is 0 Å². The van der Waals surface area contributed by atoms with Gasteiger partial charge in [-0.25, -0.2) is 0 Å². The van der Waals surface area contributed by atoms with E-state index in [1.165, 1.54) is 0 Å². The molecule has 21 heavy (non-hydrogen) atoms. The van der Waals surface area contributed by atoms with E-state index in [1.807, 2.05) is 20.8 Å². The van der Waals surface area contributed by atoms with Crippen LogP contribution in [0.3, 0.4) is 0 Å². The summed E-state index contributed by atoms with van der Waals surface area (Å²) in [7, 11) is 0. The molecule has 0 saturated carbocycles. The first-order valence-electron chi connectivity index (χ1n) is 7.16. The minimum absolute atomic E-state index is 0.00727. The standard InChI is InChI=1S/C16H23N3O2/c1-4-11(2)15(16(18)20)19-12(3)10-21-14-7-5-13(9-17)6-8-14/h5-8,11-12,15,19H,4,10H2,1-3H3,(H2,18,20)/t11?,12?,15-/m0/s1. The molecule has 0 bridgehead atoms. The first kappa shape index (κ1) is 17.0. The SMILES string of the molecule is CCC(C)[C@H](NC(C)COc1ccc(C#N)cc1)C(N)=O. The summed E-state index contributed by atoms with van der Waals surface area (Å²) in [4.78, 5) is 11.5. The highest BCUT2D eigenvalue weighted by atomic mass is 16.5. The summed E-state index contributed by atoms with van der Waals surface area (Å²) in [5.41, 5.74) is 6.02. The van der Waals surface area contributed by atoms with Crippen LogP contribution in [-0.4, -0.2) is 24.6 Å². The van der Waals surface area contributed by atoms with Crippen molar-refractivity contribution in [1.82, 2.24) is 5.32 Å². The highest BCUT2D eigenvalue weighted by Gasteiger charge is 2.23. The van der Waals surface area contributed by atoms with Crippen molar-refractivity contribution in [1.29, 1.82) is 5.26 Å². The number of rotatable bonds is 8. The van der Waals surface area contributed by atoms with E-state index in [4.69, 9.17) is 15.7 Å².